The van der Waals surface area contributed by atoms with Crippen molar-refractivity contribution >= 4 is 27.7 Å². The van der Waals surface area contributed by atoms with Gasteiger partial charge < -0.3 is 5.11 Å². The Kier molecular flexibility index (Phi) is 2.18. The minimum Gasteiger partial charge on any atom is -0.478 e. The SMILES string of the molecule is C=C1C2CC3C1C(=O)C(C)=C(C(=O)O)C2C3Br. The number of Topliss-reactive ketones (excluding diaryl/α,β-unsaturated/α-hetero) is 1. The lowest BCUT2D eigenvalue weighted by atomic mass is 9.78. The summed E-state index contributed by atoms with van der Waals surface area (Å²) in [5, 5.41) is 9.35. The lowest BCUT2D eigenvalue weighted by molar-refractivity contribution is -0.133. The van der Waals surface area contributed by atoms with E-state index in [9.17, 15) is 14.7 Å². The van der Waals surface area contributed by atoms with Gasteiger partial charge in [0, 0.05) is 27.8 Å². The van der Waals surface area contributed by atoms with Crippen molar-refractivity contribution in [3.63, 3.8) is 0 Å². The van der Waals surface area contributed by atoms with Crippen LogP contribution in [0.15, 0.2) is 23.3 Å². The van der Waals surface area contributed by atoms with E-state index >= 15 is 0 Å². The average molecular weight is 297 g/mol. The van der Waals surface area contributed by atoms with Crippen LogP contribution < -0.4 is 0 Å². The molecular formula is C13H13BrO3. The summed E-state index contributed by atoms with van der Waals surface area (Å²) in [5.41, 5.74) is 1.70. The van der Waals surface area contributed by atoms with Crippen LogP contribution in [0.25, 0.3) is 0 Å². The topological polar surface area (TPSA) is 54.4 Å². The molecule has 0 heterocycles. The third-order valence-electron chi connectivity index (χ3n) is 4.64. The van der Waals surface area contributed by atoms with Gasteiger partial charge in [-0.25, -0.2) is 4.79 Å². The van der Waals surface area contributed by atoms with Crippen molar-refractivity contribution in [1.82, 2.24) is 0 Å². The first-order valence-electron chi connectivity index (χ1n) is 5.76. The third-order valence-corrected chi connectivity index (χ3v) is 5.88. The molecule has 90 valence electrons. The van der Waals surface area contributed by atoms with Gasteiger partial charge in [0.2, 0.25) is 0 Å². The van der Waals surface area contributed by atoms with Gasteiger partial charge in [-0.1, -0.05) is 28.1 Å². The zero-order chi connectivity index (χ0) is 12.5. The Bertz CT molecular complexity index is 491. The summed E-state index contributed by atoms with van der Waals surface area (Å²) in [7, 11) is 0. The highest BCUT2D eigenvalue weighted by Crippen LogP contribution is 2.62. The normalized spacial score (nSPS) is 43.5. The molecule has 1 N–H and O–H groups in total. The van der Waals surface area contributed by atoms with Gasteiger partial charge >= 0.3 is 5.97 Å². The maximum Gasteiger partial charge on any atom is 0.332 e. The molecule has 2 fully saturated rings. The Morgan fingerprint density at radius 2 is 2.18 bits per heavy atom. The molecule has 4 aliphatic rings. The Morgan fingerprint density at radius 1 is 1.53 bits per heavy atom. The zero-order valence-corrected chi connectivity index (χ0v) is 11.0. The lowest BCUT2D eigenvalue weighted by Gasteiger charge is -2.30. The van der Waals surface area contributed by atoms with Crippen molar-refractivity contribution in [3.05, 3.63) is 23.3 Å². The van der Waals surface area contributed by atoms with Gasteiger partial charge in [0.25, 0.3) is 0 Å². The summed E-state index contributed by atoms with van der Waals surface area (Å²) in [4.78, 5) is 23.8. The number of carbonyl (C=O) groups excluding carboxylic acids is 1. The number of fused-ring (bicyclic) bond motifs is 1. The molecule has 0 aromatic carbocycles. The minimum atomic E-state index is -0.952. The maximum absolute atomic E-state index is 12.3. The Hall–Kier alpha value is -0.900. The number of allylic oxidation sites excluding steroid dienone is 2. The number of rotatable bonds is 1. The number of aliphatic carboxylic acids is 1. The van der Waals surface area contributed by atoms with E-state index in [2.05, 4.69) is 22.5 Å². The molecule has 5 atom stereocenters. The predicted octanol–water partition coefficient (Wildman–Crippen LogP) is 2.17. The summed E-state index contributed by atoms with van der Waals surface area (Å²) in [6, 6.07) is 0. The van der Waals surface area contributed by atoms with Crippen molar-refractivity contribution in [2.75, 3.05) is 0 Å². The second-order valence-electron chi connectivity index (χ2n) is 5.24. The minimum absolute atomic E-state index is 0.0237. The van der Waals surface area contributed by atoms with Crippen LogP contribution in [0, 0.1) is 23.7 Å². The standard InChI is InChI=1S/C13H13BrO3/c1-4-6-3-7-8(4)12(15)5(2)9(13(16)17)10(6)11(7)14/h6-8,10-11H,1,3H2,2H3,(H,16,17). The number of carbonyl (C=O) groups is 2. The van der Waals surface area contributed by atoms with Crippen LogP contribution in [-0.2, 0) is 9.59 Å². The monoisotopic (exact) mass is 296 g/mol. The van der Waals surface area contributed by atoms with E-state index in [0.29, 0.717) is 11.1 Å². The quantitative estimate of drug-likeness (QED) is 0.596. The van der Waals surface area contributed by atoms with Crippen LogP contribution in [0.4, 0.5) is 0 Å². The van der Waals surface area contributed by atoms with E-state index in [1.165, 1.54) is 0 Å². The van der Waals surface area contributed by atoms with Crippen molar-refractivity contribution in [3.8, 4) is 0 Å². The van der Waals surface area contributed by atoms with Gasteiger partial charge in [-0.05, 0) is 25.2 Å². The first-order chi connectivity index (χ1) is 7.95. The smallest absolute Gasteiger partial charge is 0.332 e. The first-order valence-corrected chi connectivity index (χ1v) is 6.67. The van der Waals surface area contributed by atoms with Gasteiger partial charge in [0.05, 0.1) is 0 Å². The molecule has 0 aromatic heterocycles. The fraction of sp³-hybridized carbons (Fsp3) is 0.538. The molecule has 5 unspecified atom stereocenters. The van der Waals surface area contributed by atoms with E-state index in [0.717, 1.165) is 12.0 Å². The van der Waals surface area contributed by atoms with Crippen LogP contribution in [0.1, 0.15) is 13.3 Å². The average Bonchev–Trinajstić information content (AvgIpc) is 2.69. The maximum atomic E-state index is 12.3. The molecule has 0 radical (unpaired) electrons. The number of carboxylic acids is 1. The molecule has 2 saturated carbocycles. The second-order valence-corrected chi connectivity index (χ2v) is 6.29. The fourth-order valence-corrected chi connectivity index (χ4v) is 5.06. The molecular weight excluding hydrogens is 284 g/mol. The predicted molar refractivity (Wildman–Crippen MR) is 65.8 cm³/mol. The number of hydrogen-bond acceptors (Lipinski definition) is 2. The number of carboxylic acid groups (broad SMARTS) is 1. The Balaban J connectivity index is 2.24. The van der Waals surface area contributed by atoms with E-state index in [1.54, 1.807) is 6.92 Å². The number of halogens is 1. The summed E-state index contributed by atoms with van der Waals surface area (Å²) in [5.74, 6) is -0.806. The van der Waals surface area contributed by atoms with Crippen molar-refractivity contribution in [2.24, 2.45) is 23.7 Å². The molecule has 4 bridgehead atoms. The molecule has 4 heteroatoms. The lowest BCUT2D eigenvalue weighted by Crippen LogP contribution is -2.32. The molecule has 0 amide bonds. The summed E-state index contributed by atoms with van der Waals surface area (Å²) >= 11 is 3.60. The largest absolute Gasteiger partial charge is 0.478 e. The summed E-state index contributed by atoms with van der Waals surface area (Å²) in [6.07, 6.45) is 0.903. The molecule has 4 rings (SSSR count). The van der Waals surface area contributed by atoms with Crippen LogP contribution >= 0.6 is 15.9 Å². The second kappa shape index (κ2) is 3.31. The van der Waals surface area contributed by atoms with Crippen LogP contribution in [0.2, 0.25) is 0 Å². The summed E-state index contributed by atoms with van der Waals surface area (Å²) in [6.45, 7) is 5.68. The number of ketones is 1. The Labute approximate surface area is 108 Å². The van der Waals surface area contributed by atoms with Crippen molar-refractivity contribution < 1.29 is 14.7 Å². The molecule has 4 aliphatic carbocycles. The molecule has 0 aromatic rings. The third kappa shape index (κ3) is 1.17. The van der Waals surface area contributed by atoms with Crippen molar-refractivity contribution in [2.45, 2.75) is 18.2 Å². The van der Waals surface area contributed by atoms with Gasteiger partial charge in [-0.2, -0.15) is 0 Å². The summed E-state index contributed by atoms with van der Waals surface area (Å²) < 4.78 is 0. The number of hydrogen-bond donors (Lipinski definition) is 1. The molecule has 0 spiro atoms. The van der Waals surface area contributed by atoms with Gasteiger partial charge in [-0.3, -0.25) is 4.79 Å². The zero-order valence-electron chi connectivity index (χ0n) is 9.44. The highest BCUT2D eigenvalue weighted by molar-refractivity contribution is 9.09. The van der Waals surface area contributed by atoms with Crippen LogP contribution in [0.5, 0.6) is 0 Å². The van der Waals surface area contributed by atoms with E-state index in [-0.39, 0.29) is 34.3 Å². The van der Waals surface area contributed by atoms with Crippen LogP contribution in [0.3, 0.4) is 0 Å². The van der Waals surface area contributed by atoms with E-state index < -0.39 is 5.97 Å². The Morgan fingerprint density at radius 3 is 2.76 bits per heavy atom. The fourth-order valence-electron chi connectivity index (χ4n) is 3.91. The molecule has 0 saturated heterocycles. The van der Waals surface area contributed by atoms with Crippen molar-refractivity contribution in [1.29, 1.82) is 0 Å². The van der Waals surface area contributed by atoms with Gasteiger partial charge in [0.1, 0.15) is 0 Å². The molecule has 17 heavy (non-hydrogen) atoms. The molecule has 3 nitrogen and oxygen atoms in total. The van der Waals surface area contributed by atoms with E-state index in [1.807, 2.05) is 0 Å². The van der Waals surface area contributed by atoms with E-state index in [4.69, 9.17) is 0 Å². The first kappa shape index (κ1) is 11.2. The highest BCUT2D eigenvalue weighted by Gasteiger charge is 2.60. The van der Waals surface area contributed by atoms with Gasteiger partial charge in [0.15, 0.2) is 5.78 Å². The van der Waals surface area contributed by atoms with Gasteiger partial charge in [-0.15, -0.1) is 0 Å². The van der Waals surface area contributed by atoms with Crippen LogP contribution in [-0.4, -0.2) is 21.7 Å². The molecule has 0 aliphatic heterocycles. The highest BCUT2D eigenvalue weighted by atomic mass is 79.9. The number of alkyl halides is 1.